The lowest BCUT2D eigenvalue weighted by molar-refractivity contribution is -0.140. The van der Waals surface area contributed by atoms with Crippen molar-refractivity contribution < 1.29 is 13.9 Å². The lowest BCUT2D eigenvalue weighted by Gasteiger charge is -2.02. The Kier molecular flexibility index (Phi) is 4.34. The normalized spacial score (nSPS) is 14.4. The average Bonchev–Trinajstić information content (AvgIpc) is 2.88. The van der Waals surface area contributed by atoms with Gasteiger partial charge in [-0.15, -0.1) is 0 Å². The summed E-state index contributed by atoms with van der Waals surface area (Å²) in [6.07, 6.45) is 12.0. The molecule has 0 saturated carbocycles. The first-order valence-electron chi connectivity index (χ1n) is 6.18. The number of nitrogens with zero attached hydrogens (tertiary/aromatic N) is 1. The lowest BCUT2D eigenvalue weighted by atomic mass is 10.1. The molecule has 0 atom stereocenters. The summed E-state index contributed by atoms with van der Waals surface area (Å²) in [6, 6.07) is 0. The zero-order valence-corrected chi connectivity index (χ0v) is 10.5. The fraction of sp³-hybridized carbons (Fsp3) is 0.429. The van der Waals surface area contributed by atoms with Crippen LogP contribution in [-0.2, 0) is 16.0 Å². The number of oxazole rings is 1. The van der Waals surface area contributed by atoms with Crippen molar-refractivity contribution in [2.45, 2.75) is 32.1 Å². The third-order valence-corrected chi connectivity index (χ3v) is 2.83. The van der Waals surface area contributed by atoms with E-state index >= 15 is 0 Å². The van der Waals surface area contributed by atoms with E-state index in [-0.39, 0.29) is 5.97 Å². The summed E-state index contributed by atoms with van der Waals surface area (Å²) in [4.78, 5) is 15.2. The maximum atomic E-state index is 11.0. The smallest absolute Gasteiger partial charge is 0.305 e. The van der Waals surface area contributed by atoms with Gasteiger partial charge >= 0.3 is 5.97 Å². The van der Waals surface area contributed by atoms with Crippen molar-refractivity contribution in [2.24, 2.45) is 0 Å². The minimum atomic E-state index is -0.195. The van der Waals surface area contributed by atoms with E-state index in [1.165, 1.54) is 7.11 Å². The highest BCUT2D eigenvalue weighted by molar-refractivity contribution is 5.71. The second-order valence-electron chi connectivity index (χ2n) is 4.19. The zero-order chi connectivity index (χ0) is 12.8. The Balaban J connectivity index is 1.88. The molecule has 1 heterocycles. The minimum absolute atomic E-state index is 0.195. The topological polar surface area (TPSA) is 52.3 Å². The van der Waals surface area contributed by atoms with Gasteiger partial charge in [-0.1, -0.05) is 18.2 Å². The Morgan fingerprint density at radius 1 is 1.50 bits per heavy atom. The number of allylic oxidation sites excluding steroid dienone is 4. The van der Waals surface area contributed by atoms with Gasteiger partial charge in [-0.05, 0) is 19.3 Å². The van der Waals surface area contributed by atoms with Crippen LogP contribution in [0.3, 0.4) is 0 Å². The first-order valence-corrected chi connectivity index (χ1v) is 6.18. The Morgan fingerprint density at radius 3 is 3.11 bits per heavy atom. The SMILES string of the molecule is COC(=O)CCCc1ncc(C2=CCCC=C2)o1. The van der Waals surface area contributed by atoms with Crippen molar-refractivity contribution >= 4 is 11.5 Å². The van der Waals surface area contributed by atoms with Gasteiger partial charge in [0.05, 0.1) is 13.3 Å². The molecule has 0 N–H and O–H groups in total. The molecule has 4 heteroatoms. The number of hydrogen-bond acceptors (Lipinski definition) is 4. The number of carbonyl (C=O) groups excluding carboxylic acids is 1. The van der Waals surface area contributed by atoms with Crippen LogP contribution in [0.5, 0.6) is 0 Å². The van der Waals surface area contributed by atoms with Crippen molar-refractivity contribution in [3.8, 4) is 0 Å². The van der Waals surface area contributed by atoms with Crippen molar-refractivity contribution in [3.05, 3.63) is 36.1 Å². The molecule has 0 spiro atoms. The fourth-order valence-corrected chi connectivity index (χ4v) is 1.84. The van der Waals surface area contributed by atoms with Gasteiger partial charge in [0.2, 0.25) is 0 Å². The van der Waals surface area contributed by atoms with Crippen molar-refractivity contribution in [1.29, 1.82) is 0 Å². The molecule has 0 aliphatic heterocycles. The first kappa shape index (κ1) is 12.6. The summed E-state index contributed by atoms with van der Waals surface area (Å²) in [5.74, 6) is 1.28. The number of rotatable bonds is 5. The van der Waals surface area contributed by atoms with Crippen LogP contribution in [0.1, 0.15) is 37.3 Å². The summed E-state index contributed by atoms with van der Waals surface area (Å²) in [5.41, 5.74) is 1.09. The lowest BCUT2D eigenvalue weighted by Crippen LogP contribution is -2.00. The number of aromatic nitrogens is 1. The van der Waals surface area contributed by atoms with E-state index in [1.54, 1.807) is 6.20 Å². The summed E-state index contributed by atoms with van der Waals surface area (Å²) >= 11 is 0. The number of carbonyl (C=O) groups is 1. The molecule has 0 saturated heterocycles. The van der Waals surface area contributed by atoms with Crippen LogP contribution in [0.2, 0.25) is 0 Å². The summed E-state index contributed by atoms with van der Waals surface area (Å²) in [7, 11) is 1.40. The number of hydrogen-bond donors (Lipinski definition) is 0. The molecular weight excluding hydrogens is 230 g/mol. The third kappa shape index (κ3) is 3.32. The molecule has 18 heavy (non-hydrogen) atoms. The van der Waals surface area contributed by atoms with E-state index in [4.69, 9.17) is 4.42 Å². The molecule has 2 rings (SSSR count). The third-order valence-electron chi connectivity index (χ3n) is 2.83. The number of methoxy groups -OCH3 is 1. The van der Waals surface area contributed by atoms with E-state index < -0.39 is 0 Å². The van der Waals surface area contributed by atoms with Crippen molar-refractivity contribution in [2.75, 3.05) is 7.11 Å². The standard InChI is InChI=1S/C14H17NO3/c1-17-14(16)9-5-8-13-15-10-12(18-13)11-6-3-2-4-7-11/h3,6-7,10H,2,4-5,8-9H2,1H3. The average molecular weight is 247 g/mol. The largest absolute Gasteiger partial charge is 0.469 e. The molecule has 0 amide bonds. The minimum Gasteiger partial charge on any atom is -0.469 e. The van der Waals surface area contributed by atoms with Gasteiger partial charge in [0.25, 0.3) is 0 Å². The Hall–Kier alpha value is -1.84. The van der Waals surface area contributed by atoms with Crippen LogP contribution in [0, 0.1) is 0 Å². The highest BCUT2D eigenvalue weighted by Gasteiger charge is 2.09. The molecule has 0 fully saturated rings. The summed E-state index contributed by atoms with van der Waals surface area (Å²) in [6.45, 7) is 0. The molecule has 0 bridgehead atoms. The summed E-state index contributed by atoms with van der Waals surface area (Å²) in [5, 5.41) is 0. The molecule has 1 aromatic rings. The van der Waals surface area contributed by atoms with E-state index in [2.05, 4.69) is 27.9 Å². The zero-order valence-electron chi connectivity index (χ0n) is 10.5. The monoisotopic (exact) mass is 247 g/mol. The van der Waals surface area contributed by atoms with E-state index in [9.17, 15) is 4.79 Å². The van der Waals surface area contributed by atoms with E-state index in [0.29, 0.717) is 25.2 Å². The van der Waals surface area contributed by atoms with Gasteiger partial charge in [0.1, 0.15) is 0 Å². The predicted octanol–water partition coefficient (Wildman–Crippen LogP) is 2.90. The molecule has 1 aliphatic rings. The van der Waals surface area contributed by atoms with Crippen LogP contribution in [-0.4, -0.2) is 18.1 Å². The second-order valence-corrected chi connectivity index (χ2v) is 4.19. The van der Waals surface area contributed by atoms with Crippen LogP contribution in [0.4, 0.5) is 0 Å². The highest BCUT2D eigenvalue weighted by Crippen LogP contribution is 2.22. The number of aryl methyl sites for hydroxylation is 1. The van der Waals surface area contributed by atoms with Gasteiger partial charge in [-0.25, -0.2) is 4.98 Å². The fourth-order valence-electron chi connectivity index (χ4n) is 1.84. The van der Waals surface area contributed by atoms with Crippen LogP contribution in [0.25, 0.3) is 5.57 Å². The van der Waals surface area contributed by atoms with Gasteiger partial charge in [-0.3, -0.25) is 4.79 Å². The number of esters is 1. The second kappa shape index (κ2) is 6.19. The van der Waals surface area contributed by atoms with E-state index in [0.717, 1.165) is 24.2 Å². The Morgan fingerprint density at radius 2 is 2.39 bits per heavy atom. The summed E-state index contributed by atoms with van der Waals surface area (Å²) < 4.78 is 10.2. The van der Waals surface area contributed by atoms with Crippen molar-refractivity contribution in [3.63, 3.8) is 0 Å². The maximum absolute atomic E-state index is 11.0. The van der Waals surface area contributed by atoms with Gasteiger partial charge < -0.3 is 9.15 Å². The highest BCUT2D eigenvalue weighted by atomic mass is 16.5. The van der Waals surface area contributed by atoms with Gasteiger partial charge in [0.15, 0.2) is 11.7 Å². The Bertz CT molecular complexity index is 471. The molecule has 4 nitrogen and oxygen atoms in total. The molecule has 0 radical (unpaired) electrons. The molecule has 96 valence electrons. The van der Waals surface area contributed by atoms with Crippen LogP contribution in [0.15, 0.2) is 28.8 Å². The molecule has 1 aromatic heterocycles. The molecule has 0 aromatic carbocycles. The van der Waals surface area contributed by atoms with Gasteiger partial charge in [-0.2, -0.15) is 0 Å². The quantitative estimate of drug-likeness (QED) is 0.751. The predicted molar refractivity (Wildman–Crippen MR) is 67.8 cm³/mol. The van der Waals surface area contributed by atoms with Crippen LogP contribution >= 0.6 is 0 Å². The molecular formula is C14H17NO3. The number of ether oxygens (including phenoxy) is 1. The van der Waals surface area contributed by atoms with Gasteiger partial charge in [0, 0.05) is 18.4 Å². The van der Waals surface area contributed by atoms with Crippen molar-refractivity contribution in [1.82, 2.24) is 4.98 Å². The molecule has 1 aliphatic carbocycles. The van der Waals surface area contributed by atoms with Crippen LogP contribution < -0.4 is 0 Å². The maximum Gasteiger partial charge on any atom is 0.305 e. The Labute approximate surface area is 106 Å². The molecule has 0 unspecified atom stereocenters. The van der Waals surface area contributed by atoms with E-state index in [1.807, 2.05) is 0 Å². The first-order chi connectivity index (χ1) is 8.79.